The van der Waals surface area contributed by atoms with Gasteiger partial charge in [-0.25, -0.2) is 0 Å². The van der Waals surface area contributed by atoms with Crippen molar-refractivity contribution in [2.45, 2.75) is 89.3 Å². The molecule has 4 aliphatic heterocycles. The molecular formula is C46H60N4O8S. The third kappa shape index (κ3) is 10.5. The average molecular weight is 829 g/mol. The van der Waals surface area contributed by atoms with Gasteiger partial charge in [-0.1, -0.05) is 0 Å². The number of carbonyl (C=O) groups is 2. The summed E-state index contributed by atoms with van der Waals surface area (Å²) in [6, 6.07) is 14.4. The summed E-state index contributed by atoms with van der Waals surface area (Å²) in [6.45, 7) is 12.2. The van der Waals surface area contributed by atoms with Crippen molar-refractivity contribution in [3.8, 4) is 17.2 Å². The number of fused-ring (bicyclic) bond motifs is 4. The van der Waals surface area contributed by atoms with Crippen molar-refractivity contribution in [3.63, 3.8) is 0 Å². The van der Waals surface area contributed by atoms with E-state index < -0.39 is 0 Å². The topological polar surface area (TPSA) is 112 Å². The van der Waals surface area contributed by atoms with E-state index in [9.17, 15) is 9.59 Å². The lowest BCUT2D eigenvalue weighted by Gasteiger charge is -2.32. The number of hydrogen-bond acceptors (Lipinski definition) is 11. The Balaban J connectivity index is 1.14. The third-order valence-corrected chi connectivity index (χ3v) is 11.7. The SMILES string of the molecule is COCCOCCOCCN(CC(C)(C)S)c1cc(COc2cc3c(cc2C)C(=O)N2CCC[C@H]2CC3)cc(COc2cc3c(cc2OC)C(=O)N2CCC[C@H]2C=N3)c1. The smallest absolute Gasteiger partial charge is 0.256 e. The maximum absolute atomic E-state index is 13.5. The molecule has 0 bridgehead atoms. The normalized spacial score (nSPS) is 18.5. The molecule has 0 spiro atoms. The fraction of sp³-hybridized carbons (Fsp3) is 0.543. The van der Waals surface area contributed by atoms with Gasteiger partial charge in [-0.05, 0) is 118 Å². The zero-order valence-electron chi connectivity index (χ0n) is 35.3. The molecule has 0 aliphatic carbocycles. The van der Waals surface area contributed by atoms with Crippen LogP contribution in [0.1, 0.15) is 88.9 Å². The quantitative estimate of drug-likeness (QED) is 0.0989. The molecule has 12 nitrogen and oxygen atoms in total. The monoisotopic (exact) mass is 828 g/mol. The van der Waals surface area contributed by atoms with E-state index in [2.05, 4.69) is 47.9 Å². The molecule has 2 atom stereocenters. The fourth-order valence-corrected chi connectivity index (χ4v) is 8.78. The summed E-state index contributed by atoms with van der Waals surface area (Å²) >= 11 is 4.92. The number of methoxy groups -OCH3 is 2. The lowest BCUT2D eigenvalue weighted by atomic mass is 9.99. The maximum Gasteiger partial charge on any atom is 0.256 e. The molecule has 2 amide bonds. The lowest BCUT2D eigenvalue weighted by Crippen LogP contribution is -2.37. The van der Waals surface area contributed by atoms with Crippen molar-refractivity contribution in [2.75, 3.05) is 78.3 Å². The number of hydrogen-bond donors (Lipinski definition) is 1. The molecule has 0 radical (unpaired) electrons. The molecule has 0 N–H and O–H groups in total. The predicted molar refractivity (Wildman–Crippen MR) is 233 cm³/mol. The number of benzene rings is 3. The fourth-order valence-electron chi connectivity index (χ4n) is 8.61. The Morgan fingerprint density at radius 1 is 0.780 bits per heavy atom. The van der Waals surface area contributed by atoms with Gasteiger partial charge in [0.05, 0.1) is 57.4 Å². The van der Waals surface area contributed by atoms with Crippen molar-refractivity contribution < 1.29 is 38.0 Å². The second kappa shape index (κ2) is 19.4. The Bertz CT molecular complexity index is 2000. The summed E-state index contributed by atoms with van der Waals surface area (Å²) in [5.74, 6) is 1.87. The number of anilines is 1. The van der Waals surface area contributed by atoms with Gasteiger partial charge in [0.1, 0.15) is 19.0 Å². The Morgan fingerprint density at radius 2 is 1.47 bits per heavy atom. The number of thiol groups is 1. The van der Waals surface area contributed by atoms with E-state index in [0.717, 1.165) is 90.9 Å². The van der Waals surface area contributed by atoms with Crippen LogP contribution in [-0.4, -0.2) is 118 Å². The van der Waals surface area contributed by atoms with Gasteiger partial charge in [-0.2, -0.15) is 12.6 Å². The Labute approximate surface area is 354 Å². The molecule has 59 heavy (non-hydrogen) atoms. The van der Waals surface area contributed by atoms with E-state index in [4.69, 9.17) is 46.0 Å². The lowest BCUT2D eigenvalue weighted by molar-refractivity contribution is 0.0264. The third-order valence-electron chi connectivity index (χ3n) is 11.6. The van der Waals surface area contributed by atoms with E-state index in [1.165, 1.54) is 0 Å². The molecule has 0 unspecified atom stereocenters. The second-order valence-corrected chi connectivity index (χ2v) is 17.9. The first kappa shape index (κ1) is 42.8. The highest BCUT2D eigenvalue weighted by atomic mass is 32.1. The molecule has 7 rings (SSSR count). The van der Waals surface area contributed by atoms with Crippen LogP contribution in [0.2, 0.25) is 0 Å². The summed E-state index contributed by atoms with van der Waals surface area (Å²) in [5.41, 5.74) is 6.77. The van der Waals surface area contributed by atoms with Crippen LogP contribution in [-0.2, 0) is 33.8 Å². The zero-order chi connectivity index (χ0) is 41.5. The van der Waals surface area contributed by atoms with Gasteiger partial charge in [-0.15, -0.1) is 0 Å². The van der Waals surface area contributed by atoms with Gasteiger partial charge in [-0.3, -0.25) is 14.6 Å². The van der Waals surface area contributed by atoms with E-state index in [1.807, 2.05) is 24.1 Å². The number of ether oxygens (including phenoxy) is 6. The van der Waals surface area contributed by atoms with Crippen LogP contribution >= 0.6 is 12.6 Å². The van der Waals surface area contributed by atoms with Crippen LogP contribution in [0.3, 0.4) is 0 Å². The molecule has 3 aromatic rings. The van der Waals surface area contributed by atoms with E-state index in [-0.39, 0.29) is 29.2 Å². The summed E-state index contributed by atoms with van der Waals surface area (Å²) in [7, 11) is 3.24. The zero-order valence-corrected chi connectivity index (χ0v) is 36.2. The van der Waals surface area contributed by atoms with Crippen LogP contribution in [0, 0.1) is 6.92 Å². The van der Waals surface area contributed by atoms with Crippen molar-refractivity contribution in [2.24, 2.45) is 4.99 Å². The van der Waals surface area contributed by atoms with Gasteiger partial charge >= 0.3 is 0 Å². The molecule has 2 fully saturated rings. The minimum Gasteiger partial charge on any atom is -0.493 e. The van der Waals surface area contributed by atoms with E-state index in [0.29, 0.717) is 81.5 Å². The van der Waals surface area contributed by atoms with Gasteiger partial charge in [0.25, 0.3) is 11.8 Å². The van der Waals surface area contributed by atoms with Crippen LogP contribution in [0.5, 0.6) is 17.2 Å². The minimum atomic E-state index is -0.305. The molecule has 4 aliphatic rings. The first-order valence-electron chi connectivity index (χ1n) is 21.0. The summed E-state index contributed by atoms with van der Waals surface area (Å²) in [4.78, 5) is 38.0. The molecular weight excluding hydrogens is 769 g/mol. The number of aryl methyl sites for hydroxylation is 2. The Kier molecular flexibility index (Phi) is 14.1. The predicted octanol–water partition coefficient (Wildman–Crippen LogP) is 7.23. The molecule has 4 heterocycles. The Hall–Kier alpha value is -4.30. The largest absolute Gasteiger partial charge is 0.493 e. The van der Waals surface area contributed by atoms with Crippen molar-refractivity contribution in [3.05, 3.63) is 75.8 Å². The van der Waals surface area contributed by atoms with Gasteiger partial charge in [0, 0.05) is 67.6 Å². The number of carbonyl (C=O) groups excluding carboxylic acids is 2. The van der Waals surface area contributed by atoms with Gasteiger partial charge in [0.2, 0.25) is 0 Å². The minimum absolute atomic E-state index is 0.00762. The summed E-state index contributed by atoms with van der Waals surface area (Å²) in [6.07, 6.45) is 7.75. The van der Waals surface area contributed by atoms with Crippen molar-refractivity contribution >= 4 is 42.0 Å². The first-order valence-corrected chi connectivity index (χ1v) is 21.5. The number of rotatable bonds is 19. The molecule has 2 saturated heterocycles. The van der Waals surface area contributed by atoms with Crippen LogP contribution < -0.4 is 19.1 Å². The number of nitrogens with zero attached hydrogens (tertiary/aromatic N) is 4. The van der Waals surface area contributed by atoms with Crippen LogP contribution in [0.4, 0.5) is 11.4 Å². The number of amides is 2. The molecule has 0 aromatic heterocycles. The molecule has 0 saturated carbocycles. The standard InChI is InChI=1S/C46H60N4O8S/c1-31-20-38-34(10-11-35-8-6-12-49(35)44(38)51)24-41(31)57-28-32-21-33(23-37(22-32)48(30-46(2,3)59)14-15-55-18-19-56-17-16-53-4)29-58-43-26-40-39(25-42(43)54-5)45(52)50-13-7-9-36(50)27-47-40/h20-27,35-36,59H,6-19,28-30H2,1-5H3/t35-,36-/m0/s1. The van der Waals surface area contributed by atoms with E-state index >= 15 is 0 Å². The average Bonchev–Trinajstić information content (AvgIpc) is 3.85. The van der Waals surface area contributed by atoms with Gasteiger partial charge < -0.3 is 43.1 Å². The first-order chi connectivity index (χ1) is 28.5. The Morgan fingerprint density at radius 3 is 2.22 bits per heavy atom. The highest BCUT2D eigenvalue weighted by Crippen LogP contribution is 2.39. The second-order valence-electron chi connectivity index (χ2n) is 16.7. The highest BCUT2D eigenvalue weighted by molar-refractivity contribution is 7.81. The maximum atomic E-state index is 13.5. The van der Waals surface area contributed by atoms with Crippen LogP contribution in [0.15, 0.2) is 47.5 Å². The van der Waals surface area contributed by atoms with E-state index in [1.54, 1.807) is 26.4 Å². The number of aliphatic imine (C=N–C) groups is 1. The van der Waals surface area contributed by atoms with Crippen LogP contribution in [0.25, 0.3) is 0 Å². The highest BCUT2D eigenvalue weighted by Gasteiger charge is 2.34. The molecule has 13 heteroatoms. The van der Waals surface area contributed by atoms with Crippen molar-refractivity contribution in [1.29, 1.82) is 0 Å². The summed E-state index contributed by atoms with van der Waals surface area (Å²) < 4.78 is 35.2. The molecule has 318 valence electrons. The van der Waals surface area contributed by atoms with Crippen molar-refractivity contribution in [1.82, 2.24) is 9.80 Å². The van der Waals surface area contributed by atoms with Gasteiger partial charge in [0.15, 0.2) is 11.5 Å². The summed E-state index contributed by atoms with van der Waals surface area (Å²) in [5, 5.41) is 0. The molecule has 3 aromatic carbocycles.